The van der Waals surface area contributed by atoms with Gasteiger partial charge in [0.2, 0.25) is 11.8 Å². The van der Waals surface area contributed by atoms with Crippen molar-refractivity contribution in [3.63, 3.8) is 0 Å². The highest BCUT2D eigenvalue weighted by Crippen LogP contribution is 2.21. The van der Waals surface area contributed by atoms with E-state index in [9.17, 15) is 23.7 Å². The first-order valence-electron chi connectivity index (χ1n) is 8.07. The summed E-state index contributed by atoms with van der Waals surface area (Å²) >= 11 is 3.87. The molecule has 6 N–H and O–H groups in total. The van der Waals surface area contributed by atoms with Crippen molar-refractivity contribution in [2.24, 2.45) is 5.73 Å². The molecular weight excluding hydrogens is 418 g/mol. The molecule has 1 heterocycles. The van der Waals surface area contributed by atoms with Gasteiger partial charge in [0.05, 0.1) is 10.8 Å². The van der Waals surface area contributed by atoms with E-state index in [4.69, 9.17) is 15.9 Å². The molecule has 0 saturated carbocycles. The topological polar surface area (TPSA) is 182 Å². The molecule has 3 atom stereocenters. The Hall–Kier alpha value is -1.15. The van der Waals surface area contributed by atoms with Crippen LogP contribution < -0.4 is 16.4 Å². The highest BCUT2D eigenvalue weighted by molar-refractivity contribution is 8.72. The zero-order chi connectivity index (χ0) is 20.8. The van der Waals surface area contributed by atoms with Crippen molar-refractivity contribution in [2.45, 2.75) is 37.8 Å². The van der Waals surface area contributed by atoms with Gasteiger partial charge in [-0.3, -0.25) is 19.2 Å². The maximum atomic E-state index is 11.5. The Bertz CT molecular complexity index is 504. The van der Waals surface area contributed by atoms with Crippen LogP contribution in [0.2, 0.25) is 0 Å². The Labute approximate surface area is 169 Å². The normalized spacial score (nSPS) is 18.3. The molecule has 1 rings (SSSR count). The fraction of sp³-hybridized carbons (Fsp3) is 0.714. The number of rotatable bonds is 9. The van der Waals surface area contributed by atoms with E-state index in [2.05, 4.69) is 23.3 Å². The smallest absolute Gasteiger partial charge is 0.322 e. The predicted octanol–water partition coefficient (Wildman–Crippen LogP) is -1.03. The lowest BCUT2D eigenvalue weighted by atomic mass is 10.1. The first-order chi connectivity index (χ1) is 12.7. The fourth-order valence-corrected chi connectivity index (χ4v) is 4.63. The number of hydrogen-bond acceptors (Lipinski definition) is 8. The van der Waals surface area contributed by atoms with Crippen LogP contribution in [0.25, 0.3) is 0 Å². The van der Waals surface area contributed by atoms with Gasteiger partial charge in [-0.15, -0.1) is 0 Å². The standard InChI is InChI=1S/C10H17N3O6S.C4H8OS2/c11-5(10(18)19)1-2-7(14)13-6(4-20)9(17)12-3-8(15)16;5-7-4-2-1-3-6-7/h5-6,20H,1-4,11H2,(H,12,17)(H,13,14)(H,15,16)(H,18,19);1-4H2/t5-,6-;/m0./s1. The number of amides is 2. The second-order valence-corrected chi connectivity index (χ2v) is 9.28. The van der Waals surface area contributed by atoms with Gasteiger partial charge in [0.1, 0.15) is 24.4 Å². The lowest BCUT2D eigenvalue weighted by Crippen LogP contribution is -2.49. The average Bonchev–Trinajstić information content (AvgIpc) is 2.63. The Morgan fingerprint density at radius 2 is 1.93 bits per heavy atom. The quantitative estimate of drug-likeness (QED) is 0.147. The number of aliphatic carboxylic acids is 2. The summed E-state index contributed by atoms with van der Waals surface area (Å²) in [4.78, 5) is 43.7. The van der Waals surface area contributed by atoms with Crippen molar-refractivity contribution >= 4 is 57.4 Å². The van der Waals surface area contributed by atoms with Crippen LogP contribution >= 0.6 is 23.4 Å². The number of hydrogen-bond donors (Lipinski definition) is 6. The van der Waals surface area contributed by atoms with Gasteiger partial charge in [-0.2, -0.15) is 12.6 Å². The summed E-state index contributed by atoms with van der Waals surface area (Å²) in [5.74, 6) is -1.68. The third-order valence-electron chi connectivity index (χ3n) is 3.17. The van der Waals surface area contributed by atoms with Crippen molar-refractivity contribution in [1.82, 2.24) is 10.6 Å². The lowest BCUT2D eigenvalue weighted by molar-refractivity contribution is -0.139. The lowest BCUT2D eigenvalue weighted by Gasteiger charge is -2.16. The van der Waals surface area contributed by atoms with E-state index in [1.807, 2.05) is 0 Å². The summed E-state index contributed by atoms with van der Waals surface area (Å²) in [7, 11) is 1.07. The monoisotopic (exact) mass is 443 g/mol. The van der Waals surface area contributed by atoms with Crippen LogP contribution in [-0.4, -0.2) is 74.4 Å². The van der Waals surface area contributed by atoms with Gasteiger partial charge in [0.25, 0.3) is 0 Å². The average molecular weight is 444 g/mol. The van der Waals surface area contributed by atoms with Crippen LogP contribution in [0.15, 0.2) is 0 Å². The van der Waals surface area contributed by atoms with Crippen LogP contribution in [0.5, 0.6) is 0 Å². The Balaban J connectivity index is 0.000000797. The van der Waals surface area contributed by atoms with Crippen LogP contribution in [0, 0.1) is 0 Å². The summed E-state index contributed by atoms with van der Waals surface area (Å²) < 4.78 is 10.5. The van der Waals surface area contributed by atoms with E-state index in [0.717, 1.165) is 11.5 Å². The number of carbonyl (C=O) groups excluding carboxylic acids is 2. The molecule has 156 valence electrons. The molecule has 1 fully saturated rings. The molecule has 1 unspecified atom stereocenters. The predicted molar refractivity (Wildman–Crippen MR) is 106 cm³/mol. The van der Waals surface area contributed by atoms with Gasteiger partial charge in [-0.1, -0.05) is 0 Å². The molecule has 0 radical (unpaired) electrons. The first-order valence-corrected chi connectivity index (χ1v) is 11.5. The summed E-state index contributed by atoms with van der Waals surface area (Å²) in [6.45, 7) is -0.567. The molecule has 10 nitrogen and oxygen atoms in total. The van der Waals surface area contributed by atoms with Crippen LogP contribution in [0.1, 0.15) is 25.7 Å². The number of carbonyl (C=O) groups is 4. The maximum absolute atomic E-state index is 11.5. The Morgan fingerprint density at radius 1 is 1.26 bits per heavy atom. The molecule has 0 spiro atoms. The molecule has 2 amide bonds. The fourth-order valence-electron chi connectivity index (χ4n) is 1.69. The highest BCUT2D eigenvalue weighted by Gasteiger charge is 2.21. The van der Waals surface area contributed by atoms with E-state index in [1.54, 1.807) is 10.8 Å². The molecule has 0 aromatic heterocycles. The van der Waals surface area contributed by atoms with Crippen LogP contribution in [-0.2, 0) is 29.4 Å². The van der Waals surface area contributed by atoms with Crippen LogP contribution in [0.4, 0.5) is 0 Å². The van der Waals surface area contributed by atoms with Gasteiger partial charge in [0, 0.05) is 28.1 Å². The third kappa shape index (κ3) is 13.6. The van der Waals surface area contributed by atoms with Gasteiger partial charge in [-0.25, -0.2) is 0 Å². The summed E-state index contributed by atoms with van der Waals surface area (Å²) in [6, 6.07) is -2.15. The van der Waals surface area contributed by atoms with Crippen LogP contribution in [0.3, 0.4) is 0 Å². The largest absolute Gasteiger partial charge is 0.605 e. The molecule has 27 heavy (non-hydrogen) atoms. The van der Waals surface area contributed by atoms with Crippen molar-refractivity contribution < 1.29 is 33.9 Å². The molecule has 0 aromatic carbocycles. The van der Waals surface area contributed by atoms with Crippen molar-refractivity contribution in [3.05, 3.63) is 0 Å². The number of thiol groups is 1. The summed E-state index contributed by atoms with van der Waals surface area (Å²) in [5, 5.41) is 21.4. The van der Waals surface area contributed by atoms with Crippen molar-refractivity contribution in [2.75, 3.05) is 23.8 Å². The molecule has 1 aliphatic rings. The van der Waals surface area contributed by atoms with E-state index >= 15 is 0 Å². The first kappa shape index (κ1) is 25.9. The molecule has 1 aliphatic heterocycles. The second-order valence-electron chi connectivity index (χ2n) is 5.43. The number of nitrogens with one attached hydrogen (secondary N) is 2. The van der Waals surface area contributed by atoms with E-state index in [1.165, 1.54) is 12.8 Å². The number of carboxylic acids is 2. The highest BCUT2D eigenvalue weighted by atomic mass is 33.1. The second kappa shape index (κ2) is 14.9. The molecule has 1 saturated heterocycles. The minimum absolute atomic E-state index is 0.0256. The van der Waals surface area contributed by atoms with Crippen molar-refractivity contribution in [3.8, 4) is 0 Å². The zero-order valence-corrected chi connectivity index (χ0v) is 17.1. The van der Waals surface area contributed by atoms with Gasteiger partial charge in [-0.05, 0) is 19.3 Å². The zero-order valence-electron chi connectivity index (χ0n) is 14.6. The minimum Gasteiger partial charge on any atom is -0.605 e. The number of nitrogens with two attached hydrogens (primary N) is 1. The molecule has 13 heteroatoms. The van der Waals surface area contributed by atoms with Gasteiger partial charge in [0.15, 0.2) is 0 Å². The van der Waals surface area contributed by atoms with Gasteiger partial charge < -0.3 is 31.1 Å². The molecular formula is C14H25N3O7S3. The molecule has 0 aromatic rings. The summed E-state index contributed by atoms with van der Waals surface area (Å²) in [6.07, 6.45) is 2.19. The maximum Gasteiger partial charge on any atom is 0.322 e. The third-order valence-corrected chi connectivity index (χ3v) is 6.66. The van der Waals surface area contributed by atoms with E-state index in [0.29, 0.717) is 0 Å². The Morgan fingerprint density at radius 3 is 2.33 bits per heavy atom. The summed E-state index contributed by atoms with van der Waals surface area (Å²) in [5.41, 5.74) is 5.23. The number of carboxylic acid groups (broad SMARTS) is 2. The van der Waals surface area contributed by atoms with E-state index in [-0.39, 0.29) is 18.6 Å². The Kier molecular flexibility index (Phi) is 14.2. The molecule has 0 bridgehead atoms. The van der Waals surface area contributed by atoms with Crippen molar-refractivity contribution in [1.29, 1.82) is 0 Å². The minimum atomic E-state index is -1.22. The SMILES string of the molecule is N[C@@H](CCC(=O)N[C@@H](CS)C(=O)NCC(=O)O)C(=O)O.[O-][S+]1CCCCS1. The van der Waals surface area contributed by atoms with Gasteiger partial charge >= 0.3 is 11.9 Å². The van der Waals surface area contributed by atoms with E-state index < -0.39 is 52.6 Å². The molecule has 0 aliphatic carbocycles.